The first-order valence-electron chi connectivity index (χ1n) is 7.60. The lowest BCUT2D eigenvalue weighted by molar-refractivity contribution is -0.111. The number of sulfone groups is 1. The quantitative estimate of drug-likeness (QED) is 0.725. The second kappa shape index (κ2) is 8.63. The van der Waals surface area contributed by atoms with Crippen molar-refractivity contribution in [2.45, 2.75) is 10.7 Å². The molecule has 2 aromatic carbocycles. The molecule has 2 rings (SSSR count). The van der Waals surface area contributed by atoms with Gasteiger partial charge in [0.15, 0.2) is 0 Å². The number of hydrogen-bond donors (Lipinski definition) is 1. The number of nitrogens with one attached hydrogen (secondary N) is 1. The number of alkyl halides is 2. The van der Waals surface area contributed by atoms with Crippen LogP contribution < -0.4 is 14.8 Å². The van der Waals surface area contributed by atoms with Gasteiger partial charge in [-0.05, 0) is 48.0 Å². The van der Waals surface area contributed by atoms with Gasteiger partial charge in [-0.25, -0.2) is 8.42 Å². The summed E-state index contributed by atoms with van der Waals surface area (Å²) < 4.78 is 58.0. The first kappa shape index (κ1) is 20.4. The summed E-state index contributed by atoms with van der Waals surface area (Å²) in [6.07, 6.45) is 2.80. The van der Waals surface area contributed by atoms with Crippen molar-refractivity contribution in [1.82, 2.24) is 0 Å². The van der Waals surface area contributed by atoms with Crippen molar-refractivity contribution in [3.63, 3.8) is 0 Å². The first-order valence-corrected chi connectivity index (χ1v) is 9.15. The smallest absolute Gasteiger partial charge is 0.341 e. The Labute approximate surface area is 155 Å². The fourth-order valence-corrected chi connectivity index (χ4v) is 2.83. The summed E-state index contributed by atoms with van der Waals surface area (Å²) >= 11 is 0. The molecule has 0 aliphatic rings. The van der Waals surface area contributed by atoms with E-state index in [4.69, 9.17) is 9.47 Å². The van der Waals surface area contributed by atoms with Gasteiger partial charge in [0.25, 0.3) is 0 Å². The zero-order valence-electron chi connectivity index (χ0n) is 14.5. The summed E-state index contributed by atoms with van der Waals surface area (Å²) in [6.45, 7) is 0. The number of carbonyl (C=O) groups is 1. The van der Waals surface area contributed by atoms with Crippen LogP contribution in [0.5, 0.6) is 11.5 Å². The summed E-state index contributed by atoms with van der Waals surface area (Å²) in [5, 5.41) is 2.51. The van der Waals surface area contributed by atoms with Gasteiger partial charge in [-0.2, -0.15) is 8.78 Å². The molecule has 0 heterocycles. The van der Waals surface area contributed by atoms with E-state index in [0.717, 1.165) is 12.1 Å². The van der Waals surface area contributed by atoms with Gasteiger partial charge in [-0.15, -0.1) is 0 Å². The van der Waals surface area contributed by atoms with Gasteiger partial charge < -0.3 is 14.8 Å². The van der Waals surface area contributed by atoms with Crippen LogP contribution in [0.3, 0.4) is 0 Å². The lowest BCUT2D eigenvalue weighted by atomic mass is 10.2. The van der Waals surface area contributed by atoms with Crippen molar-refractivity contribution in [3.05, 3.63) is 54.1 Å². The van der Waals surface area contributed by atoms with Crippen LogP contribution in [-0.4, -0.2) is 34.3 Å². The molecule has 0 saturated carbocycles. The van der Waals surface area contributed by atoms with Crippen molar-refractivity contribution >= 4 is 27.5 Å². The third-order valence-electron chi connectivity index (χ3n) is 3.49. The minimum Gasteiger partial charge on any atom is -0.497 e. The van der Waals surface area contributed by atoms with Crippen LogP contribution in [0.2, 0.25) is 0 Å². The summed E-state index contributed by atoms with van der Waals surface area (Å²) in [7, 11) is -1.65. The zero-order valence-corrected chi connectivity index (χ0v) is 15.3. The maximum atomic E-state index is 12.5. The Bertz CT molecular complexity index is 918. The second-order valence-electron chi connectivity index (χ2n) is 5.30. The molecule has 0 saturated heterocycles. The van der Waals surface area contributed by atoms with Crippen LogP contribution in [0, 0.1) is 0 Å². The van der Waals surface area contributed by atoms with Crippen molar-refractivity contribution < 1.29 is 31.5 Å². The Hall–Kier alpha value is -2.94. The Kier molecular flexibility index (Phi) is 6.51. The third-order valence-corrected chi connectivity index (χ3v) is 4.88. The highest BCUT2D eigenvalue weighted by molar-refractivity contribution is 7.91. The molecule has 27 heavy (non-hydrogen) atoms. The molecule has 9 heteroatoms. The molecule has 0 bridgehead atoms. The fraction of sp³-hybridized carbons (Fsp3) is 0.167. The minimum absolute atomic E-state index is 0.265. The van der Waals surface area contributed by atoms with Crippen LogP contribution >= 0.6 is 0 Å². The highest BCUT2D eigenvalue weighted by Crippen LogP contribution is 2.23. The summed E-state index contributed by atoms with van der Waals surface area (Å²) in [6, 6.07) is 9.58. The number of hydrogen-bond acceptors (Lipinski definition) is 5. The third kappa shape index (κ3) is 5.27. The Balaban J connectivity index is 2.09. The summed E-state index contributed by atoms with van der Waals surface area (Å²) in [5.41, 5.74) is 0.931. The van der Waals surface area contributed by atoms with E-state index in [1.165, 1.54) is 38.5 Å². The molecule has 0 radical (unpaired) electrons. The molecule has 144 valence electrons. The second-order valence-corrected chi connectivity index (χ2v) is 7.22. The van der Waals surface area contributed by atoms with Gasteiger partial charge in [-0.3, -0.25) is 4.79 Å². The standard InChI is InChI=1S/C18H17F2NO5S/c1-25-14-9-12(10-15(11-14)26-2)3-8-17(22)21-13-4-6-16(7-5-13)27(23,24)18(19)20/h3-11,18H,1-2H3,(H,21,22). The number of anilines is 1. The van der Waals surface area contributed by atoms with Crippen LogP contribution in [0.25, 0.3) is 6.08 Å². The molecular formula is C18H17F2NO5S. The van der Waals surface area contributed by atoms with E-state index in [0.29, 0.717) is 17.1 Å². The largest absolute Gasteiger partial charge is 0.497 e. The number of halogens is 2. The number of carbonyl (C=O) groups excluding carboxylic acids is 1. The molecule has 1 N–H and O–H groups in total. The van der Waals surface area contributed by atoms with Crippen LogP contribution in [-0.2, 0) is 14.6 Å². The van der Waals surface area contributed by atoms with Crippen molar-refractivity contribution in [2.75, 3.05) is 19.5 Å². The number of methoxy groups -OCH3 is 2. The van der Waals surface area contributed by atoms with Crippen LogP contribution in [0.1, 0.15) is 5.56 Å². The number of amides is 1. The molecule has 0 aliphatic carbocycles. The molecule has 0 aliphatic heterocycles. The molecule has 1 amide bonds. The molecule has 0 unspecified atom stereocenters. The topological polar surface area (TPSA) is 81.7 Å². The SMILES string of the molecule is COc1cc(C=CC(=O)Nc2ccc(S(=O)(=O)C(F)F)cc2)cc(OC)c1. The monoisotopic (exact) mass is 397 g/mol. The van der Waals surface area contributed by atoms with Gasteiger partial charge in [0.05, 0.1) is 19.1 Å². The highest BCUT2D eigenvalue weighted by atomic mass is 32.2. The van der Waals surface area contributed by atoms with Crippen molar-refractivity contribution in [3.8, 4) is 11.5 Å². The number of ether oxygens (including phenoxy) is 2. The molecule has 0 fully saturated rings. The van der Waals surface area contributed by atoms with Gasteiger partial charge in [0, 0.05) is 17.8 Å². The Morgan fingerprint density at radius 1 is 1.04 bits per heavy atom. The Morgan fingerprint density at radius 3 is 2.07 bits per heavy atom. The maximum absolute atomic E-state index is 12.5. The van der Waals surface area contributed by atoms with Crippen molar-refractivity contribution in [2.24, 2.45) is 0 Å². The Morgan fingerprint density at radius 2 is 1.59 bits per heavy atom. The summed E-state index contributed by atoms with van der Waals surface area (Å²) in [4.78, 5) is 11.5. The number of benzene rings is 2. The minimum atomic E-state index is -4.67. The summed E-state index contributed by atoms with van der Waals surface area (Å²) in [5.74, 6) is -2.86. The van der Waals surface area contributed by atoms with E-state index in [1.54, 1.807) is 18.2 Å². The average Bonchev–Trinajstić information content (AvgIpc) is 2.66. The highest BCUT2D eigenvalue weighted by Gasteiger charge is 2.26. The van der Waals surface area contributed by atoms with E-state index in [9.17, 15) is 22.0 Å². The molecule has 0 atom stereocenters. The predicted molar refractivity (Wildman–Crippen MR) is 96.8 cm³/mol. The van der Waals surface area contributed by atoms with E-state index < -0.39 is 26.4 Å². The molecular weight excluding hydrogens is 380 g/mol. The zero-order chi connectivity index (χ0) is 20.0. The number of rotatable bonds is 7. The first-order chi connectivity index (χ1) is 12.8. The predicted octanol–water partition coefficient (Wildman–Crippen LogP) is 3.35. The van der Waals surface area contributed by atoms with Crippen LogP contribution in [0.15, 0.2) is 53.4 Å². The molecule has 2 aromatic rings. The lowest BCUT2D eigenvalue weighted by Crippen LogP contribution is -2.12. The van der Waals surface area contributed by atoms with E-state index in [2.05, 4.69) is 5.32 Å². The molecule has 6 nitrogen and oxygen atoms in total. The average molecular weight is 397 g/mol. The van der Waals surface area contributed by atoms with Gasteiger partial charge >= 0.3 is 5.76 Å². The molecule has 0 aromatic heterocycles. The van der Waals surface area contributed by atoms with E-state index in [-0.39, 0.29) is 5.69 Å². The van der Waals surface area contributed by atoms with Gasteiger partial charge in [0.2, 0.25) is 15.7 Å². The van der Waals surface area contributed by atoms with Crippen LogP contribution in [0.4, 0.5) is 14.5 Å². The van der Waals surface area contributed by atoms with Crippen molar-refractivity contribution in [1.29, 1.82) is 0 Å². The van der Waals surface area contributed by atoms with Gasteiger partial charge in [0.1, 0.15) is 11.5 Å². The van der Waals surface area contributed by atoms with E-state index in [1.807, 2.05) is 0 Å². The normalized spacial score (nSPS) is 11.6. The lowest BCUT2D eigenvalue weighted by Gasteiger charge is -2.06. The molecule has 0 spiro atoms. The van der Waals surface area contributed by atoms with Gasteiger partial charge in [-0.1, -0.05) is 0 Å². The maximum Gasteiger partial charge on any atom is 0.341 e. The fourth-order valence-electron chi connectivity index (χ4n) is 2.11. The van der Waals surface area contributed by atoms with E-state index >= 15 is 0 Å².